The molecule has 0 radical (unpaired) electrons. The fourth-order valence-electron chi connectivity index (χ4n) is 3.27. The van der Waals surface area contributed by atoms with Crippen LogP contribution in [-0.4, -0.2) is 38.2 Å². The number of benzene rings is 2. The first-order valence-electron chi connectivity index (χ1n) is 9.15. The van der Waals surface area contributed by atoms with Gasteiger partial charge in [-0.25, -0.2) is 8.42 Å². The third-order valence-electron chi connectivity index (χ3n) is 4.94. The Bertz CT molecular complexity index is 1050. The zero-order valence-corrected chi connectivity index (χ0v) is 18.3. The summed E-state index contributed by atoms with van der Waals surface area (Å²) in [5.74, 6) is -0.831. The summed E-state index contributed by atoms with van der Waals surface area (Å²) in [5.41, 5.74) is 6.95. The lowest BCUT2D eigenvalue weighted by Gasteiger charge is -2.30. The molecule has 1 saturated heterocycles. The van der Waals surface area contributed by atoms with Crippen molar-refractivity contribution in [3.8, 4) is 0 Å². The average Bonchev–Trinajstić information content (AvgIpc) is 2.70. The van der Waals surface area contributed by atoms with Gasteiger partial charge in [0, 0.05) is 29.0 Å². The van der Waals surface area contributed by atoms with Crippen LogP contribution < -0.4 is 10.5 Å². The van der Waals surface area contributed by atoms with Crippen molar-refractivity contribution in [3.63, 3.8) is 0 Å². The summed E-state index contributed by atoms with van der Waals surface area (Å²) in [5, 5.41) is 0. The van der Waals surface area contributed by atoms with Gasteiger partial charge in [0.2, 0.25) is 5.91 Å². The Balaban J connectivity index is 1.79. The number of likely N-dealkylation sites (tertiary alicyclic amines) is 1. The Morgan fingerprint density at radius 1 is 1.14 bits per heavy atom. The molecule has 2 amide bonds. The third-order valence-corrected chi connectivity index (χ3v) is 7.00. The van der Waals surface area contributed by atoms with Crippen LogP contribution in [-0.2, 0) is 14.8 Å². The largest absolute Gasteiger partial charge is 0.369 e. The molecule has 0 atom stereocenters. The number of rotatable bonds is 5. The zero-order valence-electron chi connectivity index (χ0n) is 15.9. The molecule has 3 N–H and O–H groups in total. The van der Waals surface area contributed by atoms with Crippen LogP contribution in [0.25, 0.3) is 0 Å². The van der Waals surface area contributed by atoms with E-state index in [2.05, 4.69) is 20.7 Å². The molecule has 0 unspecified atom stereocenters. The summed E-state index contributed by atoms with van der Waals surface area (Å²) >= 11 is 3.34. The topological polar surface area (TPSA) is 110 Å². The number of halogens is 1. The zero-order chi connectivity index (χ0) is 21.2. The summed E-state index contributed by atoms with van der Waals surface area (Å²) < 4.78 is 28.8. The fourth-order valence-corrected chi connectivity index (χ4v) is 4.86. The van der Waals surface area contributed by atoms with E-state index in [4.69, 9.17) is 5.73 Å². The van der Waals surface area contributed by atoms with E-state index in [9.17, 15) is 18.0 Å². The van der Waals surface area contributed by atoms with Crippen molar-refractivity contribution in [2.24, 2.45) is 11.7 Å². The molecule has 1 fully saturated rings. The van der Waals surface area contributed by atoms with Gasteiger partial charge in [0.15, 0.2) is 0 Å². The Morgan fingerprint density at radius 2 is 1.83 bits per heavy atom. The molecule has 1 aliphatic rings. The van der Waals surface area contributed by atoms with Crippen LogP contribution in [0, 0.1) is 12.8 Å². The molecule has 1 heterocycles. The van der Waals surface area contributed by atoms with Crippen LogP contribution in [0.4, 0.5) is 5.69 Å². The Morgan fingerprint density at radius 3 is 2.48 bits per heavy atom. The lowest BCUT2D eigenvalue weighted by Crippen LogP contribution is -2.41. The van der Waals surface area contributed by atoms with Gasteiger partial charge in [-0.1, -0.05) is 12.1 Å². The van der Waals surface area contributed by atoms with Crippen molar-refractivity contribution >= 4 is 43.5 Å². The molecule has 2 aromatic rings. The standard InChI is InChI=1S/C20H22BrN3O4S/c1-13-5-6-17(21)18(11-13)23-29(27,28)16-4-2-3-15(12-16)20(26)24-9-7-14(8-10-24)19(22)25/h2-6,11-12,14,23H,7-10H2,1H3,(H2,22,25). The lowest BCUT2D eigenvalue weighted by molar-refractivity contribution is -0.123. The number of hydrogen-bond acceptors (Lipinski definition) is 4. The van der Waals surface area contributed by atoms with Gasteiger partial charge in [-0.3, -0.25) is 14.3 Å². The first kappa shape index (κ1) is 21.3. The summed E-state index contributed by atoms with van der Waals surface area (Å²) in [7, 11) is -3.87. The third kappa shape index (κ3) is 4.97. The maximum Gasteiger partial charge on any atom is 0.261 e. The highest BCUT2D eigenvalue weighted by Gasteiger charge is 2.27. The molecule has 0 saturated carbocycles. The van der Waals surface area contributed by atoms with Gasteiger partial charge in [-0.05, 0) is 71.6 Å². The summed E-state index contributed by atoms with van der Waals surface area (Å²) in [4.78, 5) is 25.7. The predicted octanol–water partition coefficient (Wildman–Crippen LogP) is 2.90. The quantitative estimate of drug-likeness (QED) is 0.686. The van der Waals surface area contributed by atoms with E-state index in [1.54, 1.807) is 29.2 Å². The molecule has 29 heavy (non-hydrogen) atoms. The van der Waals surface area contributed by atoms with Gasteiger partial charge >= 0.3 is 0 Å². The minimum atomic E-state index is -3.87. The van der Waals surface area contributed by atoms with Crippen LogP contribution in [0.3, 0.4) is 0 Å². The summed E-state index contributed by atoms with van der Waals surface area (Å²) in [6, 6.07) is 11.3. The van der Waals surface area contributed by atoms with E-state index < -0.39 is 10.0 Å². The van der Waals surface area contributed by atoms with E-state index in [1.807, 2.05) is 13.0 Å². The second kappa shape index (κ2) is 8.54. The van der Waals surface area contributed by atoms with Gasteiger partial charge in [0.05, 0.1) is 10.6 Å². The number of nitrogens with one attached hydrogen (secondary N) is 1. The number of carbonyl (C=O) groups excluding carboxylic acids is 2. The van der Waals surface area contributed by atoms with Gasteiger partial charge in [-0.2, -0.15) is 0 Å². The number of nitrogens with two attached hydrogens (primary N) is 1. The molecule has 2 aromatic carbocycles. The smallest absolute Gasteiger partial charge is 0.261 e. The summed E-state index contributed by atoms with van der Waals surface area (Å²) in [6.45, 7) is 2.70. The SMILES string of the molecule is Cc1ccc(Br)c(NS(=O)(=O)c2cccc(C(=O)N3CCC(C(N)=O)CC3)c2)c1. The highest BCUT2D eigenvalue weighted by atomic mass is 79.9. The second-order valence-electron chi connectivity index (χ2n) is 7.09. The first-order chi connectivity index (χ1) is 13.7. The number of primary amides is 1. The van der Waals surface area contributed by atoms with Crippen molar-refractivity contribution in [2.45, 2.75) is 24.7 Å². The van der Waals surface area contributed by atoms with Crippen molar-refractivity contribution in [1.82, 2.24) is 4.90 Å². The predicted molar refractivity (Wildman–Crippen MR) is 114 cm³/mol. The van der Waals surface area contributed by atoms with E-state index in [-0.39, 0.29) is 28.2 Å². The lowest BCUT2D eigenvalue weighted by atomic mass is 9.96. The van der Waals surface area contributed by atoms with Gasteiger partial charge in [0.1, 0.15) is 0 Å². The Labute approximate surface area is 178 Å². The number of nitrogens with zero attached hydrogens (tertiary/aromatic N) is 1. The average molecular weight is 480 g/mol. The molecule has 3 rings (SSSR count). The van der Waals surface area contributed by atoms with Crippen molar-refractivity contribution < 1.29 is 18.0 Å². The van der Waals surface area contributed by atoms with Crippen LogP contribution in [0.2, 0.25) is 0 Å². The van der Waals surface area contributed by atoms with Gasteiger partial charge < -0.3 is 10.6 Å². The molecule has 7 nitrogen and oxygen atoms in total. The molecule has 154 valence electrons. The Hall–Kier alpha value is -2.39. The number of amides is 2. The molecular weight excluding hydrogens is 458 g/mol. The normalized spacial score (nSPS) is 15.2. The number of anilines is 1. The highest BCUT2D eigenvalue weighted by Crippen LogP contribution is 2.27. The van der Waals surface area contributed by atoms with Crippen LogP contribution >= 0.6 is 15.9 Å². The van der Waals surface area contributed by atoms with Gasteiger partial charge in [0.25, 0.3) is 15.9 Å². The van der Waals surface area contributed by atoms with E-state index >= 15 is 0 Å². The second-order valence-corrected chi connectivity index (χ2v) is 9.62. The minimum Gasteiger partial charge on any atom is -0.369 e. The van der Waals surface area contributed by atoms with E-state index in [0.29, 0.717) is 36.1 Å². The van der Waals surface area contributed by atoms with Crippen molar-refractivity contribution in [3.05, 3.63) is 58.1 Å². The van der Waals surface area contributed by atoms with E-state index in [1.165, 1.54) is 12.1 Å². The maximum absolute atomic E-state index is 12.8. The van der Waals surface area contributed by atoms with Crippen molar-refractivity contribution in [2.75, 3.05) is 17.8 Å². The number of piperidine rings is 1. The van der Waals surface area contributed by atoms with Gasteiger partial charge in [-0.15, -0.1) is 0 Å². The van der Waals surface area contributed by atoms with Crippen LogP contribution in [0.5, 0.6) is 0 Å². The van der Waals surface area contributed by atoms with Crippen LogP contribution in [0.1, 0.15) is 28.8 Å². The highest BCUT2D eigenvalue weighted by molar-refractivity contribution is 9.10. The molecule has 0 aromatic heterocycles. The van der Waals surface area contributed by atoms with E-state index in [0.717, 1.165) is 5.56 Å². The van der Waals surface area contributed by atoms with Crippen molar-refractivity contribution in [1.29, 1.82) is 0 Å². The minimum absolute atomic E-state index is 0.00350. The molecule has 9 heteroatoms. The number of aryl methyl sites for hydroxylation is 1. The first-order valence-corrected chi connectivity index (χ1v) is 11.4. The number of carbonyl (C=O) groups is 2. The molecule has 1 aliphatic heterocycles. The van der Waals surface area contributed by atoms with Crippen LogP contribution in [0.15, 0.2) is 51.8 Å². The maximum atomic E-state index is 12.8. The number of sulfonamides is 1. The molecular formula is C20H22BrN3O4S. The molecule has 0 aliphatic carbocycles. The Kier molecular flexibility index (Phi) is 6.28. The monoisotopic (exact) mass is 479 g/mol. The fraction of sp³-hybridized carbons (Fsp3) is 0.300. The molecule has 0 bridgehead atoms. The summed E-state index contributed by atoms with van der Waals surface area (Å²) in [6.07, 6.45) is 1.03. The molecule has 0 spiro atoms. The number of hydrogen-bond donors (Lipinski definition) is 2.